The van der Waals surface area contributed by atoms with Gasteiger partial charge in [-0.05, 0) is 83.1 Å². The zero-order valence-corrected chi connectivity index (χ0v) is 22.8. The van der Waals surface area contributed by atoms with Gasteiger partial charge in [-0.2, -0.15) is 0 Å². The van der Waals surface area contributed by atoms with Crippen molar-refractivity contribution >= 4 is 11.8 Å². The lowest BCUT2D eigenvalue weighted by Crippen LogP contribution is -2.61. The molecule has 0 saturated heterocycles. The van der Waals surface area contributed by atoms with E-state index in [1.165, 1.54) is 0 Å². The highest BCUT2D eigenvalue weighted by Gasteiger charge is 2.67. The van der Waals surface area contributed by atoms with Crippen LogP contribution in [0.1, 0.15) is 80.6 Å². The third-order valence-electron chi connectivity index (χ3n) is 9.75. The molecule has 3 aliphatic carbocycles. The van der Waals surface area contributed by atoms with Crippen LogP contribution in [0.4, 0.5) is 0 Å². The van der Waals surface area contributed by atoms with E-state index in [-0.39, 0.29) is 28.4 Å². The summed E-state index contributed by atoms with van der Waals surface area (Å²) in [5, 5.41) is 40.6. The lowest BCUT2D eigenvalue weighted by atomic mass is 9.43. The molecular formula is C30H44O6. The van der Waals surface area contributed by atoms with Crippen LogP contribution in [-0.2, 0) is 9.59 Å². The SMILES string of the molecule is CC(/C=C/C=C(C)/C=C/[C@@H](O)C(C)(C)O)=C1C(=O)C[C@H]2[C@@]3(C)CC[C@@H](O)[C@](C)(C(=O)O)[C@@H]3CC[C@]12C. The number of hydrogen-bond donors (Lipinski definition) is 4. The summed E-state index contributed by atoms with van der Waals surface area (Å²) < 4.78 is 0. The van der Waals surface area contributed by atoms with Gasteiger partial charge in [-0.3, -0.25) is 9.59 Å². The number of aliphatic carboxylic acids is 1. The Hall–Kier alpha value is -2.02. The Morgan fingerprint density at radius 1 is 1.08 bits per heavy atom. The van der Waals surface area contributed by atoms with Crippen molar-refractivity contribution in [3.8, 4) is 0 Å². The van der Waals surface area contributed by atoms with E-state index in [9.17, 15) is 30.0 Å². The molecule has 0 aliphatic heterocycles. The number of fused-ring (bicyclic) bond motifs is 3. The van der Waals surface area contributed by atoms with Crippen LogP contribution in [0.15, 0.2) is 47.1 Å². The molecule has 7 atom stereocenters. The predicted molar refractivity (Wildman–Crippen MR) is 140 cm³/mol. The molecule has 0 aromatic carbocycles. The van der Waals surface area contributed by atoms with Crippen LogP contribution in [0.3, 0.4) is 0 Å². The second kappa shape index (κ2) is 9.70. The minimum atomic E-state index is -1.21. The first-order chi connectivity index (χ1) is 16.5. The van der Waals surface area contributed by atoms with Gasteiger partial charge in [0.2, 0.25) is 0 Å². The molecular weight excluding hydrogens is 456 g/mol. The van der Waals surface area contributed by atoms with Gasteiger partial charge < -0.3 is 20.4 Å². The van der Waals surface area contributed by atoms with Crippen LogP contribution in [0.5, 0.6) is 0 Å². The van der Waals surface area contributed by atoms with Crippen LogP contribution in [0, 0.1) is 28.1 Å². The number of carboxylic acids is 1. The minimum Gasteiger partial charge on any atom is -0.481 e. The quantitative estimate of drug-likeness (QED) is 0.309. The van der Waals surface area contributed by atoms with Gasteiger partial charge in [0.15, 0.2) is 5.78 Å². The predicted octanol–water partition coefficient (Wildman–Crippen LogP) is 4.75. The summed E-state index contributed by atoms with van der Waals surface area (Å²) >= 11 is 0. The number of carbonyl (C=O) groups is 2. The molecule has 0 bridgehead atoms. The van der Waals surface area contributed by atoms with Crippen molar-refractivity contribution in [2.45, 2.75) is 98.4 Å². The number of ketones is 1. The van der Waals surface area contributed by atoms with Crippen molar-refractivity contribution in [3.63, 3.8) is 0 Å². The van der Waals surface area contributed by atoms with E-state index in [4.69, 9.17) is 0 Å². The van der Waals surface area contributed by atoms with Gasteiger partial charge in [-0.1, -0.05) is 49.8 Å². The highest BCUT2D eigenvalue weighted by Crippen LogP contribution is 2.69. The third-order valence-corrected chi connectivity index (χ3v) is 9.75. The van der Waals surface area contributed by atoms with E-state index in [0.717, 1.165) is 29.6 Å². The Kier molecular flexibility index (Phi) is 7.69. The summed E-state index contributed by atoms with van der Waals surface area (Å²) in [4.78, 5) is 25.7. The van der Waals surface area contributed by atoms with E-state index in [1.54, 1.807) is 32.9 Å². The fraction of sp³-hybridized carbons (Fsp3) is 0.667. The van der Waals surface area contributed by atoms with Crippen molar-refractivity contribution in [1.82, 2.24) is 0 Å². The molecule has 0 unspecified atom stereocenters. The first-order valence-corrected chi connectivity index (χ1v) is 13.1. The molecule has 3 aliphatic rings. The average molecular weight is 501 g/mol. The maximum atomic E-state index is 13.4. The molecule has 0 aromatic rings. The van der Waals surface area contributed by atoms with E-state index >= 15 is 0 Å². The molecule has 3 fully saturated rings. The van der Waals surface area contributed by atoms with Crippen LogP contribution < -0.4 is 0 Å². The summed E-state index contributed by atoms with van der Waals surface area (Å²) in [5.74, 6) is -0.933. The van der Waals surface area contributed by atoms with Gasteiger partial charge in [-0.15, -0.1) is 0 Å². The first kappa shape index (κ1) is 28.5. The third kappa shape index (κ3) is 4.68. The molecule has 4 N–H and O–H groups in total. The number of Topliss-reactive ketones (excluding diaryl/α,β-unsaturated/α-hetero) is 1. The largest absolute Gasteiger partial charge is 0.481 e. The molecule has 6 nitrogen and oxygen atoms in total. The van der Waals surface area contributed by atoms with Gasteiger partial charge in [0.05, 0.1) is 17.1 Å². The van der Waals surface area contributed by atoms with Crippen LogP contribution in [0.2, 0.25) is 0 Å². The zero-order valence-electron chi connectivity index (χ0n) is 22.8. The van der Waals surface area contributed by atoms with E-state index in [2.05, 4.69) is 13.8 Å². The van der Waals surface area contributed by atoms with Crippen LogP contribution >= 0.6 is 0 Å². The number of aliphatic hydroxyl groups excluding tert-OH is 2. The van der Waals surface area contributed by atoms with Crippen molar-refractivity contribution in [2.75, 3.05) is 0 Å². The molecule has 0 aromatic heterocycles. The maximum Gasteiger partial charge on any atom is 0.312 e. The van der Waals surface area contributed by atoms with Crippen molar-refractivity contribution in [2.24, 2.45) is 28.1 Å². The Morgan fingerprint density at radius 3 is 2.31 bits per heavy atom. The van der Waals surface area contributed by atoms with Crippen molar-refractivity contribution in [1.29, 1.82) is 0 Å². The lowest BCUT2D eigenvalue weighted by molar-refractivity contribution is -0.194. The molecule has 200 valence electrons. The van der Waals surface area contributed by atoms with Gasteiger partial charge in [0, 0.05) is 17.4 Å². The van der Waals surface area contributed by atoms with Crippen molar-refractivity contribution < 1.29 is 30.0 Å². The Labute approximate surface area is 215 Å². The van der Waals surface area contributed by atoms with Crippen LogP contribution in [-0.4, -0.2) is 50.0 Å². The van der Waals surface area contributed by atoms with Gasteiger partial charge in [-0.25, -0.2) is 0 Å². The standard InChI is InChI=1S/C30H44O6/c1-18(11-12-23(32)27(3,4)36)9-8-10-19(2)25-20(31)17-22-28(5)16-14-24(33)30(7,26(34)35)21(28)13-15-29(22,25)6/h8-12,21-24,32-33,36H,13-17H2,1-7H3,(H,34,35)/b10-8+,12-11+,18-9+,25-19?/t21-,22+,23-,24-,28+,29+,30-/m1/s1. The lowest BCUT2D eigenvalue weighted by Gasteiger charge is -2.61. The second-order valence-corrected chi connectivity index (χ2v) is 12.6. The van der Waals surface area contributed by atoms with E-state index in [1.807, 2.05) is 32.1 Å². The second-order valence-electron chi connectivity index (χ2n) is 12.6. The number of hydrogen-bond acceptors (Lipinski definition) is 5. The molecule has 0 spiro atoms. The number of rotatable bonds is 6. The van der Waals surface area contributed by atoms with Gasteiger partial charge in [0.1, 0.15) is 6.10 Å². The maximum absolute atomic E-state index is 13.4. The Balaban J connectivity index is 1.89. The van der Waals surface area contributed by atoms with Gasteiger partial charge >= 0.3 is 5.97 Å². The molecule has 0 amide bonds. The average Bonchev–Trinajstić information content (AvgIpc) is 3.05. The summed E-state index contributed by atoms with van der Waals surface area (Å²) in [6, 6.07) is 0. The Morgan fingerprint density at radius 2 is 1.72 bits per heavy atom. The highest BCUT2D eigenvalue weighted by atomic mass is 16.4. The highest BCUT2D eigenvalue weighted by molar-refractivity contribution is 6.01. The topological polar surface area (TPSA) is 115 Å². The minimum absolute atomic E-state index is 0.0457. The molecule has 3 saturated carbocycles. The molecule has 3 rings (SSSR count). The summed E-state index contributed by atoms with van der Waals surface area (Å²) in [6.45, 7) is 13.0. The number of carboxylic acid groups (broad SMARTS) is 1. The number of allylic oxidation sites excluding steroid dienone is 7. The van der Waals surface area contributed by atoms with Crippen molar-refractivity contribution in [3.05, 3.63) is 47.1 Å². The van der Waals surface area contributed by atoms with Crippen LogP contribution in [0.25, 0.3) is 0 Å². The van der Waals surface area contributed by atoms with Gasteiger partial charge in [0.25, 0.3) is 0 Å². The number of carbonyl (C=O) groups excluding carboxylic acids is 1. The zero-order chi connectivity index (χ0) is 27.3. The van der Waals surface area contributed by atoms with E-state index in [0.29, 0.717) is 19.3 Å². The Bertz CT molecular complexity index is 1030. The molecule has 0 radical (unpaired) electrons. The summed E-state index contributed by atoms with van der Waals surface area (Å²) in [7, 11) is 0. The molecule has 6 heteroatoms. The smallest absolute Gasteiger partial charge is 0.312 e. The molecule has 36 heavy (non-hydrogen) atoms. The number of aliphatic hydroxyl groups is 3. The fourth-order valence-electron chi connectivity index (χ4n) is 7.52. The summed E-state index contributed by atoms with van der Waals surface area (Å²) in [6.07, 6.45) is 10.2. The molecule has 0 heterocycles. The monoisotopic (exact) mass is 500 g/mol. The first-order valence-electron chi connectivity index (χ1n) is 13.1. The fourth-order valence-corrected chi connectivity index (χ4v) is 7.52. The normalized spacial score (nSPS) is 39.9. The summed E-state index contributed by atoms with van der Waals surface area (Å²) in [5.41, 5.74) is -0.392. The van der Waals surface area contributed by atoms with E-state index < -0.39 is 29.2 Å².